The number of nitrogens with zero attached hydrogens (tertiary/aromatic N) is 2. The predicted molar refractivity (Wildman–Crippen MR) is 107 cm³/mol. The number of carbonyl (C=O) groups excluding carboxylic acids is 1. The molecule has 0 saturated carbocycles. The number of rotatable bonds is 6. The number of piperidine rings is 1. The minimum absolute atomic E-state index is 0.00622. The Bertz CT molecular complexity index is 822. The monoisotopic (exact) mass is 400 g/mol. The molecule has 0 spiro atoms. The van der Waals surface area contributed by atoms with Gasteiger partial charge in [-0.05, 0) is 50.5 Å². The predicted octanol–water partition coefficient (Wildman–Crippen LogP) is 2.01. The van der Waals surface area contributed by atoms with Gasteiger partial charge in [-0.1, -0.05) is 5.16 Å². The SMILES string of the molecule is COc1ccc(OCC(=O)N2CCCCC2C2NNCC2c2cc(C)no2)cc1. The minimum Gasteiger partial charge on any atom is -0.497 e. The normalized spacial score (nSPS) is 24.5. The summed E-state index contributed by atoms with van der Waals surface area (Å²) in [6.45, 7) is 3.44. The van der Waals surface area contributed by atoms with Crippen LogP contribution in [0.4, 0.5) is 0 Å². The molecular formula is C21H28N4O4. The summed E-state index contributed by atoms with van der Waals surface area (Å²) in [7, 11) is 1.62. The van der Waals surface area contributed by atoms with E-state index in [2.05, 4.69) is 16.0 Å². The summed E-state index contributed by atoms with van der Waals surface area (Å²) >= 11 is 0. The lowest BCUT2D eigenvalue weighted by atomic mass is 9.87. The van der Waals surface area contributed by atoms with Crippen LogP contribution in [0.1, 0.15) is 36.6 Å². The first kappa shape index (κ1) is 19.7. The smallest absolute Gasteiger partial charge is 0.260 e. The molecule has 0 aliphatic carbocycles. The highest BCUT2D eigenvalue weighted by molar-refractivity contribution is 5.78. The van der Waals surface area contributed by atoms with Gasteiger partial charge in [0.25, 0.3) is 5.91 Å². The van der Waals surface area contributed by atoms with Crippen molar-refractivity contribution in [1.82, 2.24) is 20.9 Å². The average Bonchev–Trinajstić information content (AvgIpc) is 3.41. The number of likely N-dealkylation sites (tertiary alicyclic amines) is 1. The van der Waals surface area contributed by atoms with Crippen LogP contribution < -0.4 is 20.3 Å². The summed E-state index contributed by atoms with van der Waals surface area (Å²) in [6.07, 6.45) is 3.07. The molecule has 3 unspecified atom stereocenters. The Kier molecular flexibility index (Phi) is 6.01. The van der Waals surface area contributed by atoms with Crippen molar-refractivity contribution in [2.24, 2.45) is 0 Å². The summed E-state index contributed by atoms with van der Waals surface area (Å²) in [5.74, 6) is 2.41. The molecule has 3 heterocycles. The van der Waals surface area contributed by atoms with Crippen molar-refractivity contribution in [3.05, 3.63) is 41.8 Å². The number of amides is 1. The van der Waals surface area contributed by atoms with Crippen LogP contribution in [0.3, 0.4) is 0 Å². The Labute approximate surface area is 170 Å². The van der Waals surface area contributed by atoms with Crippen LogP contribution in [-0.2, 0) is 4.79 Å². The highest BCUT2D eigenvalue weighted by Crippen LogP contribution is 2.31. The zero-order valence-electron chi connectivity index (χ0n) is 16.9. The summed E-state index contributed by atoms with van der Waals surface area (Å²) in [6, 6.07) is 9.40. The third-order valence-corrected chi connectivity index (χ3v) is 5.74. The number of hydrogen-bond acceptors (Lipinski definition) is 7. The number of nitrogens with one attached hydrogen (secondary N) is 2. The first-order valence-electron chi connectivity index (χ1n) is 10.1. The van der Waals surface area contributed by atoms with Crippen LogP contribution in [0, 0.1) is 6.92 Å². The average molecular weight is 400 g/mol. The van der Waals surface area contributed by atoms with Crippen molar-refractivity contribution in [3.8, 4) is 11.5 Å². The number of ether oxygens (including phenoxy) is 2. The second-order valence-electron chi connectivity index (χ2n) is 7.64. The Hall–Kier alpha value is -2.58. The van der Waals surface area contributed by atoms with Gasteiger partial charge in [-0.15, -0.1) is 0 Å². The van der Waals surface area contributed by atoms with Crippen LogP contribution >= 0.6 is 0 Å². The zero-order chi connectivity index (χ0) is 20.2. The fourth-order valence-electron chi connectivity index (χ4n) is 4.25. The van der Waals surface area contributed by atoms with Crippen LogP contribution in [0.15, 0.2) is 34.9 Å². The maximum absolute atomic E-state index is 13.0. The van der Waals surface area contributed by atoms with E-state index in [0.29, 0.717) is 5.75 Å². The Balaban J connectivity index is 1.42. The molecule has 1 aromatic carbocycles. The molecule has 29 heavy (non-hydrogen) atoms. The van der Waals surface area contributed by atoms with Crippen molar-refractivity contribution in [1.29, 1.82) is 0 Å². The van der Waals surface area contributed by atoms with Crippen molar-refractivity contribution < 1.29 is 18.8 Å². The van der Waals surface area contributed by atoms with E-state index in [9.17, 15) is 4.79 Å². The molecule has 1 aromatic heterocycles. The lowest BCUT2D eigenvalue weighted by molar-refractivity contribution is -0.137. The van der Waals surface area contributed by atoms with Crippen LogP contribution in [0.2, 0.25) is 0 Å². The molecule has 2 aromatic rings. The van der Waals surface area contributed by atoms with Crippen molar-refractivity contribution in [3.63, 3.8) is 0 Å². The molecule has 0 bridgehead atoms. The highest BCUT2D eigenvalue weighted by atomic mass is 16.5. The van der Waals surface area contributed by atoms with Gasteiger partial charge in [-0.3, -0.25) is 15.6 Å². The van der Waals surface area contributed by atoms with Gasteiger partial charge < -0.3 is 18.9 Å². The third-order valence-electron chi connectivity index (χ3n) is 5.74. The summed E-state index contributed by atoms with van der Waals surface area (Å²) in [5, 5.41) is 4.03. The molecule has 8 heteroatoms. The maximum Gasteiger partial charge on any atom is 0.260 e. The number of methoxy groups -OCH3 is 1. The number of carbonyl (C=O) groups is 1. The first-order chi connectivity index (χ1) is 14.2. The molecule has 2 N–H and O–H groups in total. The van der Waals surface area contributed by atoms with Crippen molar-refractivity contribution in [2.45, 2.75) is 44.2 Å². The van der Waals surface area contributed by atoms with Gasteiger partial charge in [-0.25, -0.2) is 0 Å². The molecule has 3 atom stereocenters. The quantitative estimate of drug-likeness (QED) is 0.767. The van der Waals surface area contributed by atoms with E-state index in [4.69, 9.17) is 14.0 Å². The minimum atomic E-state index is 0.00622. The van der Waals surface area contributed by atoms with Crippen molar-refractivity contribution >= 4 is 5.91 Å². The molecule has 2 fully saturated rings. The fraction of sp³-hybridized carbons (Fsp3) is 0.524. The first-order valence-corrected chi connectivity index (χ1v) is 10.1. The lowest BCUT2D eigenvalue weighted by Crippen LogP contribution is -2.55. The highest BCUT2D eigenvalue weighted by Gasteiger charge is 2.41. The van der Waals surface area contributed by atoms with E-state index >= 15 is 0 Å². The van der Waals surface area contributed by atoms with E-state index < -0.39 is 0 Å². The molecule has 2 saturated heterocycles. The third kappa shape index (κ3) is 4.38. The molecule has 4 rings (SSSR count). The van der Waals surface area contributed by atoms with Crippen LogP contribution in [-0.4, -0.2) is 54.9 Å². The summed E-state index contributed by atoms with van der Waals surface area (Å²) < 4.78 is 16.4. The van der Waals surface area contributed by atoms with E-state index in [1.54, 1.807) is 7.11 Å². The van der Waals surface area contributed by atoms with Crippen LogP contribution in [0.25, 0.3) is 0 Å². The molecule has 0 radical (unpaired) electrons. The topological polar surface area (TPSA) is 88.9 Å². The number of hydrogen-bond donors (Lipinski definition) is 2. The van der Waals surface area contributed by atoms with E-state index in [-0.39, 0.29) is 30.5 Å². The number of aryl methyl sites for hydroxylation is 1. The standard InChI is InChI=1S/C21H28N4O4/c1-14-11-19(29-24-14)17-12-22-23-21(17)18-5-3-4-10-25(18)20(26)13-28-16-8-6-15(27-2)7-9-16/h6-9,11,17-18,21-23H,3-5,10,12-13H2,1-2H3. The largest absolute Gasteiger partial charge is 0.497 e. The summed E-state index contributed by atoms with van der Waals surface area (Å²) in [4.78, 5) is 15.0. The number of benzene rings is 1. The van der Waals surface area contributed by atoms with Gasteiger partial charge in [0.1, 0.15) is 17.3 Å². The molecule has 1 amide bonds. The summed E-state index contributed by atoms with van der Waals surface area (Å²) in [5.41, 5.74) is 7.48. The number of aromatic nitrogens is 1. The van der Waals surface area contributed by atoms with Gasteiger partial charge in [-0.2, -0.15) is 0 Å². The van der Waals surface area contributed by atoms with Gasteiger partial charge in [0.2, 0.25) is 0 Å². The van der Waals surface area contributed by atoms with E-state index in [1.165, 1.54) is 0 Å². The van der Waals surface area contributed by atoms with Gasteiger partial charge >= 0.3 is 0 Å². The fourth-order valence-corrected chi connectivity index (χ4v) is 4.25. The second kappa shape index (κ2) is 8.84. The van der Waals surface area contributed by atoms with Gasteiger partial charge in [0, 0.05) is 25.2 Å². The van der Waals surface area contributed by atoms with Crippen molar-refractivity contribution in [2.75, 3.05) is 26.8 Å². The Morgan fingerprint density at radius 3 is 2.79 bits per heavy atom. The second-order valence-corrected chi connectivity index (χ2v) is 7.64. The van der Waals surface area contributed by atoms with Gasteiger partial charge in [0.05, 0.1) is 24.8 Å². The number of hydrazine groups is 1. The molecule has 156 valence electrons. The van der Waals surface area contributed by atoms with Crippen LogP contribution in [0.5, 0.6) is 11.5 Å². The van der Waals surface area contributed by atoms with E-state index in [1.807, 2.05) is 42.2 Å². The maximum atomic E-state index is 13.0. The van der Waals surface area contributed by atoms with E-state index in [0.717, 1.165) is 49.6 Å². The molecule has 2 aliphatic heterocycles. The Morgan fingerprint density at radius 1 is 1.28 bits per heavy atom. The Morgan fingerprint density at radius 2 is 2.07 bits per heavy atom. The molecule has 2 aliphatic rings. The lowest BCUT2D eigenvalue weighted by Gasteiger charge is -2.40. The molecule has 8 nitrogen and oxygen atoms in total. The zero-order valence-corrected chi connectivity index (χ0v) is 16.9. The molecular weight excluding hydrogens is 372 g/mol. The van der Waals surface area contributed by atoms with Gasteiger partial charge in [0.15, 0.2) is 6.61 Å².